The molecule has 9 heteroatoms. The number of nitrogens with zero attached hydrogens (tertiary/aromatic N) is 3. The maximum atomic E-state index is 13.8. The molecule has 0 saturated carbocycles. The molecule has 0 spiro atoms. The van der Waals surface area contributed by atoms with Gasteiger partial charge < -0.3 is 24.4 Å². The van der Waals surface area contributed by atoms with E-state index >= 15 is 0 Å². The van der Waals surface area contributed by atoms with Gasteiger partial charge in [0, 0.05) is 57.9 Å². The fourth-order valence-electron chi connectivity index (χ4n) is 6.01. The number of fused-ring (bicyclic) bond motifs is 2. The Bertz CT molecular complexity index is 1490. The van der Waals surface area contributed by atoms with Crippen LogP contribution >= 0.6 is 11.6 Å². The Labute approximate surface area is 238 Å². The van der Waals surface area contributed by atoms with Crippen LogP contribution in [0.2, 0.25) is 5.02 Å². The van der Waals surface area contributed by atoms with E-state index in [1.807, 2.05) is 30.3 Å². The fourth-order valence-corrected chi connectivity index (χ4v) is 6.27. The van der Waals surface area contributed by atoms with Gasteiger partial charge in [-0.3, -0.25) is 14.5 Å². The van der Waals surface area contributed by atoms with Gasteiger partial charge in [-0.05, 0) is 53.1 Å². The number of amides is 2. The Morgan fingerprint density at radius 2 is 1.95 bits per heavy atom. The highest BCUT2D eigenvalue weighted by Gasteiger charge is 2.40. The van der Waals surface area contributed by atoms with Crippen molar-refractivity contribution in [1.29, 1.82) is 0 Å². The molecule has 3 aliphatic rings. The van der Waals surface area contributed by atoms with Crippen molar-refractivity contribution in [2.45, 2.75) is 18.6 Å². The van der Waals surface area contributed by atoms with E-state index in [9.17, 15) is 14.7 Å². The monoisotopic (exact) mass is 561 g/mol. The number of phenols is 1. The van der Waals surface area contributed by atoms with Crippen molar-refractivity contribution in [3.8, 4) is 22.6 Å². The molecular formula is C31H32ClN3O5. The number of rotatable bonds is 7. The van der Waals surface area contributed by atoms with E-state index in [2.05, 4.69) is 11.5 Å². The summed E-state index contributed by atoms with van der Waals surface area (Å²) in [5.41, 5.74) is 2.11. The van der Waals surface area contributed by atoms with Crippen molar-refractivity contribution in [1.82, 2.24) is 9.80 Å². The number of carbonyl (C=O) groups is 2. The van der Waals surface area contributed by atoms with Crippen molar-refractivity contribution in [2.24, 2.45) is 5.92 Å². The third kappa shape index (κ3) is 4.91. The van der Waals surface area contributed by atoms with E-state index in [-0.39, 0.29) is 29.6 Å². The summed E-state index contributed by atoms with van der Waals surface area (Å²) >= 11 is 6.87. The number of halogens is 1. The highest BCUT2D eigenvalue weighted by molar-refractivity contribution is 6.34. The van der Waals surface area contributed by atoms with Crippen LogP contribution in [-0.2, 0) is 14.3 Å². The first-order valence-corrected chi connectivity index (χ1v) is 13.9. The second kappa shape index (κ2) is 10.8. The zero-order chi connectivity index (χ0) is 28.0. The molecule has 2 amide bonds. The minimum atomic E-state index is -0.691. The second-order valence-corrected chi connectivity index (χ2v) is 11.2. The molecule has 1 unspecified atom stereocenters. The fraction of sp³-hybridized carbons (Fsp3) is 0.355. The van der Waals surface area contributed by atoms with E-state index in [1.165, 1.54) is 6.08 Å². The second-order valence-electron chi connectivity index (χ2n) is 10.8. The quantitative estimate of drug-likeness (QED) is 0.433. The van der Waals surface area contributed by atoms with Crippen LogP contribution in [0.5, 0.6) is 11.5 Å². The zero-order valence-electron chi connectivity index (χ0n) is 22.4. The molecule has 40 heavy (non-hydrogen) atoms. The molecule has 3 heterocycles. The van der Waals surface area contributed by atoms with Gasteiger partial charge in [0.05, 0.1) is 16.8 Å². The highest BCUT2D eigenvalue weighted by atomic mass is 35.5. The number of ether oxygens (including phenoxy) is 2. The minimum absolute atomic E-state index is 0.101. The molecule has 3 aromatic rings. The summed E-state index contributed by atoms with van der Waals surface area (Å²) in [6.07, 6.45) is 1.69. The summed E-state index contributed by atoms with van der Waals surface area (Å²) in [6.45, 7) is 7.19. The largest absolute Gasteiger partial charge is 0.508 e. The molecule has 2 saturated heterocycles. The molecule has 2 atom stereocenters. The summed E-state index contributed by atoms with van der Waals surface area (Å²) in [6, 6.07) is 14.9. The Hall–Kier alpha value is -3.59. The highest BCUT2D eigenvalue weighted by Crippen LogP contribution is 2.45. The lowest BCUT2D eigenvalue weighted by Gasteiger charge is -2.43. The maximum absolute atomic E-state index is 13.8. The average molecular weight is 562 g/mol. The van der Waals surface area contributed by atoms with Crippen LogP contribution in [0, 0.1) is 5.92 Å². The predicted molar refractivity (Wildman–Crippen MR) is 155 cm³/mol. The molecule has 0 radical (unpaired) electrons. The molecule has 0 aromatic heterocycles. The van der Waals surface area contributed by atoms with E-state index in [0.717, 1.165) is 35.8 Å². The van der Waals surface area contributed by atoms with Gasteiger partial charge in [0.15, 0.2) is 6.10 Å². The molecule has 3 aliphatic heterocycles. The Morgan fingerprint density at radius 1 is 1.15 bits per heavy atom. The Kier molecular flexibility index (Phi) is 7.16. The average Bonchev–Trinajstić information content (AvgIpc) is 3.39. The minimum Gasteiger partial charge on any atom is -0.508 e. The normalized spacial score (nSPS) is 21.3. The molecule has 0 aliphatic carbocycles. The lowest BCUT2D eigenvalue weighted by molar-refractivity contribution is -0.132. The molecule has 0 bridgehead atoms. The number of hydrogen-bond acceptors (Lipinski definition) is 6. The molecule has 6 rings (SSSR count). The summed E-state index contributed by atoms with van der Waals surface area (Å²) in [5, 5.41) is 12.8. The smallest absolute Gasteiger partial charge is 0.269 e. The first-order valence-electron chi connectivity index (χ1n) is 13.5. The van der Waals surface area contributed by atoms with Crippen molar-refractivity contribution in [3.05, 3.63) is 66.2 Å². The van der Waals surface area contributed by atoms with Crippen LogP contribution in [0.3, 0.4) is 0 Å². The summed E-state index contributed by atoms with van der Waals surface area (Å²) in [7, 11) is 1.71. The van der Waals surface area contributed by atoms with Gasteiger partial charge in [-0.2, -0.15) is 0 Å². The van der Waals surface area contributed by atoms with Crippen LogP contribution in [0.15, 0.2) is 61.2 Å². The lowest BCUT2D eigenvalue weighted by atomic mass is 9.95. The summed E-state index contributed by atoms with van der Waals surface area (Å²) in [5.74, 6) is 0.627. The van der Waals surface area contributed by atoms with E-state index in [1.54, 1.807) is 35.1 Å². The molecular weight excluding hydrogens is 530 g/mol. The van der Waals surface area contributed by atoms with Crippen molar-refractivity contribution in [2.75, 3.05) is 51.3 Å². The van der Waals surface area contributed by atoms with Gasteiger partial charge in [0.25, 0.3) is 5.91 Å². The molecule has 1 N–H and O–H groups in total. The van der Waals surface area contributed by atoms with Crippen LogP contribution in [-0.4, -0.2) is 85.3 Å². The van der Waals surface area contributed by atoms with Crippen LogP contribution < -0.4 is 9.64 Å². The maximum Gasteiger partial charge on any atom is 0.269 e. The summed E-state index contributed by atoms with van der Waals surface area (Å²) in [4.78, 5) is 31.5. The topological polar surface area (TPSA) is 82.6 Å². The SMILES string of the molecule is C=CC(=O)N1CC(CN2C(=O)C(CN3CC[C@H](OC)C3)Oc3cc(-c4cc(O)cc5ccccc45)c(Cl)cc32)C1. The molecule has 208 valence electrons. The van der Waals surface area contributed by atoms with Gasteiger partial charge in [0.2, 0.25) is 5.91 Å². The number of carbonyl (C=O) groups excluding carboxylic acids is 2. The van der Waals surface area contributed by atoms with Crippen LogP contribution in [0.4, 0.5) is 5.69 Å². The van der Waals surface area contributed by atoms with E-state index < -0.39 is 6.10 Å². The van der Waals surface area contributed by atoms with Gasteiger partial charge in [0.1, 0.15) is 11.5 Å². The first-order chi connectivity index (χ1) is 19.3. The summed E-state index contributed by atoms with van der Waals surface area (Å²) < 4.78 is 11.9. The number of aromatic hydroxyl groups is 1. The Balaban J connectivity index is 1.36. The third-order valence-electron chi connectivity index (χ3n) is 8.16. The predicted octanol–water partition coefficient (Wildman–Crippen LogP) is 4.32. The van der Waals surface area contributed by atoms with E-state index in [0.29, 0.717) is 48.2 Å². The molecule has 8 nitrogen and oxygen atoms in total. The van der Waals surface area contributed by atoms with Gasteiger partial charge in [-0.15, -0.1) is 0 Å². The molecule has 3 aromatic carbocycles. The third-order valence-corrected chi connectivity index (χ3v) is 8.47. The van der Waals surface area contributed by atoms with Gasteiger partial charge in [-0.25, -0.2) is 0 Å². The first kappa shape index (κ1) is 26.6. The number of likely N-dealkylation sites (tertiary alicyclic amines) is 2. The number of anilines is 1. The zero-order valence-corrected chi connectivity index (χ0v) is 23.1. The van der Waals surface area contributed by atoms with Gasteiger partial charge in [-0.1, -0.05) is 42.4 Å². The van der Waals surface area contributed by atoms with Crippen molar-refractivity contribution in [3.63, 3.8) is 0 Å². The number of methoxy groups -OCH3 is 1. The Morgan fingerprint density at radius 3 is 2.70 bits per heavy atom. The lowest BCUT2D eigenvalue weighted by Crippen LogP contribution is -2.57. The number of phenolic OH excluding ortho intramolecular Hbond substituents is 1. The molecule has 2 fully saturated rings. The van der Waals surface area contributed by atoms with Gasteiger partial charge >= 0.3 is 0 Å². The van der Waals surface area contributed by atoms with Crippen molar-refractivity contribution < 1.29 is 24.2 Å². The van der Waals surface area contributed by atoms with Crippen molar-refractivity contribution >= 4 is 39.9 Å². The van der Waals surface area contributed by atoms with Crippen LogP contribution in [0.1, 0.15) is 6.42 Å². The number of benzene rings is 3. The number of hydrogen-bond donors (Lipinski definition) is 1. The van der Waals surface area contributed by atoms with Crippen LogP contribution in [0.25, 0.3) is 21.9 Å². The van der Waals surface area contributed by atoms with E-state index in [4.69, 9.17) is 21.1 Å². The standard InChI is InChI=1S/C31H32ClN3O5/c1-3-30(37)34-14-19(15-34)16-35-27-13-26(32)25(24-11-21(36)10-20-6-4-5-7-23(20)24)12-28(27)40-29(31(35)38)18-33-9-8-22(17-33)39-2/h3-7,10-13,19,22,29,36H,1,8-9,14-18H2,2H3/t22-,29?/m0/s1.